The van der Waals surface area contributed by atoms with Crippen molar-refractivity contribution in [1.29, 1.82) is 0 Å². The third kappa shape index (κ3) is 1.55. The summed E-state index contributed by atoms with van der Waals surface area (Å²) in [5, 5.41) is 4.07. The molecule has 0 radical (unpaired) electrons. The predicted molar refractivity (Wildman–Crippen MR) is 68.0 cm³/mol. The standard InChI is InChI=1S/C13H14FN3O/c14-9-3-1-8-2-4-11(18)17-7-10(16-6-5-15)12(9)13(8)17/h1-4,10,16H,5-7,15H2/t10-/m0/s1. The maximum absolute atomic E-state index is 14.0. The van der Waals surface area contributed by atoms with Gasteiger partial charge in [-0.25, -0.2) is 4.39 Å². The zero-order valence-electron chi connectivity index (χ0n) is 9.82. The monoisotopic (exact) mass is 247 g/mol. The van der Waals surface area contributed by atoms with E-state index in [0.717, 1.165) is 5.39 Å². The largest absolute Gasteiger partial charge is 0.329 e. The summed E-state index contributed by atoms with van der Waals surface area (Å²) >= 11 is 0. The van der Waals surface area contributed by atoms with Crippen LogP contribution in [-0.2, 0) is 6.54 Å². The summed E-state index contributed by atoms with van der Waals surface area (Å²) in [6.45, 7) is 1.55. The molecule has 3 rings (SSSR count). The summed E-state index contributed by atoms with van der Waals surface area (Å²) in [4.78, 5) is 11.8. The lowest BCUT2D eigenvalue weighted by Crippen LogP contribution is -2.29. The van der Waals surface area contributed by atoms with Crippen LogP contribution in [0.4, 0.5) is 4.39 Å². The predicted octanol–water partition coefficient (Wildman–Crippen LogP) is 0.744. The molecule has 18 heavy (non-hydrogen) atoms. The molecule has 1 aromatic carbocycles. The molecular formula is C13H14FN3O. The van der Waals surface area contributed by atoms with Crippen LogP contribution in [0.1, 0.15) is 11.6 Å². The van der Waals surface area contributed by atoms with Crippen molar-refractivity contribution in [3.05, 3.63) is 46.0 Å². The fraction of sp³-hybridized carbons (Fsp3) is 0.308. The highest BCUT2D eigenvalue weighted by Gasteiger charge is 2.27. The Hall–Kier alpha value is -1.72. The molecular weight excluding hydrogens is 233 g/mol. The van der Waals surface area contributed by atoms with Gasteiger partial charge in [-0.15, -0.1) is 0 Å². The van der Waals surface area contributed by atoms with Crippen LogP contribution in [0.5, 0.6) is 0 Å². The average Bonchev–Trinajstić information content (AvgIpc) is 2.76. The Kier molecular flexibility index (Phi) is 2.65. The Labute approximate surface area is 103 Å². The van der Waals surface area contributed by atoms with Crippen LogP contribution in [0.15, 0.2) is 29.1 Å². The minimum atomic E-state index is -0.270. The molecule has 0 saturated carbocycles. The molecule has 1 aromatic heterocycles. The van der Waals surface area contributed by atoms with Gasteiger partial charge in [-0.2, -0.15) is 0 Å². The number of nitrogens with zero attached hydrogens (tertiary/aromatic N) is 1. The zero-order chi connectivity index (χ0) is 12.7. The molecule has 1 aliphatic rings. The molecule has 4 nitrogen and oxygen atoms in total. The molecule has 1 aliphatic heterocycles. The molecule has 0 spiro atoms. The van der Waals surface area contributed by atoms with Gasteiger partial charge in [0.05, 0.1) is 11.6 Å². The molecule has 94 valence electrons. The number of nitrogens with one attached hydrogen (secondary N) is 1. The molecule has 2 heterocycles. The first-order valence-corrected chi connectivity index (χ1v) is 5.98. The molecule has 1 atom stereocenters. The molecule has 0 aliphatic carbocycles. The van der Waals surface area contributed by atoms with E-state index in [1.807, 2.05) is 0 Å². The van der Waals surface area contributed by atoms with Crippen LogP contribution in [0, 0.1) is 5.82 Å². The third-order valence-electron chi connectivity index (χ3n) is 3.39. The van der Waals surface area contributed by atoms with Gasteiger partial charge in [-0.05, 0) is 23.6 Å². The Bertz CT molecular complexity index is 665. The van der Waals surface area contributed by atoms with Crippen molar-refractivity contribution >= 4 is 10.9 Å². The summed E-state index contributed by atoms with van der Waals surface area (Å²) in [5.41, 5.74) is 6.65. The summed E-state index contributed by atoms with van der Waals surface area (Å²) in [5.74, 6) is -0.270. The van der Waals surface area contributed by atoms with Crippen LogP contribution in [0.25, 0.3) is 10.9 Å². The second kappa shape index (κ2) is 4.19. The average molecular weight is 247 g/mol. The van der Waals surface area contributed by atoms with Gasteiger partial charge >= 0.3 is 0 Å². The Morgan fingerprint density at radius 3 is 2.94 bits per heavy atom. The van der Waals surface area contributed by atoms with Crippen molar-refractivity contribution in [2.45, 2.75) is 12.6 Å². The number of hydrogen-bond acceptors (Lipinski definition) is 3. The van der Waals surface area contributed by atoms with E-state index in [2.05, 4.69) is 5.32 Å². The first-order valence-electron chi connectivity index (χ1n) is 5.98. The second-order valence-electron chi connectivity index (χ2n) is 4.48. The van der Waals surface area contributed by atoms with Crippen LogP contribution >= 0.6 is 0 Å². The van der Waals surface area contributed by atoms with Gasteiger partial charge in [0.25, 0.3) is 5.56 Å². The Morgan fingerprint density at radius 1 is 1.39 bits per heavy atom. The van der Waals surface area contributed by atoms with Gasteiger partial charge < -0.3 is 15.6 Å². The lowest BCUT2D eigenvalue weighted by molar-refractivity contribution is 0.479. The van der Waals surface area contributed by atoms with Gasteiger partial charge in [0.15, 0.2) is 0 Å². The van der Waals surface area contributed by atoms with Crippen molar-refractivity contribution in [1.82, 2.24) is 9.88 Å². The van der Waals surface area contributed by atoms with E-state index in [4.69, 9.17) is 5.73 Å². The number of benzene rings is 1. The van der Waals surface area contributed by atoms with E-state index in [-0.39, 0.29) is 17.4 Å². The van der Waals surface area contributed by atoms with Gasteiger partial charge in [0.2, 0.25) is 0 Å². The Morgan fingerprint density at radius 2 is 2.17 bits per heavy atom. The minimum absolute atomic E-state index is 0.0913. The quantitative estimate of drug-likeness (QED) is 0.841. The van der Waals surface area contributed by atoms with Crippen molar-refractivity contribution in [3.63, 3.8) is 0 Å². The lowest BCUT2D eigenvalue weighted by Gasteiger charge is -2.12. The molecule has 2 aromatic rings. The van der Waals surface area contributed by atoms with Crippen molar-refractivity contribution < 1.29 is 4.39 Å². The highest BCUT2D eigenvalue weighted by Crippen LogP contribution is 2.32. The second-order valence-corrected chi connectivity index (χ2v) is 4.48. The number of nitrogens with two attached hydrogens (primary N) is 1. The van der Waals surface area contributed by atoms with E-state index >= 15 is 0 Å². The van der Waals surface area contributed by atoms with Crippen molar-refractivity contribution in [3.8, 4) is 0 Å². The SMILES string of the molecule is NCCN[C@H]1Cn2c(=O)ccc3ccc(F)c1c32. The fourth-order valence-electron chi connectivity index (χ4n) is 2.61. The highest BCUT2D eigenvalue weighted by atomic mass is 19.1. The number of hydrogen-bond donors (Lipinski definition) is 2. The molecule has 3 N–H and O–H groups in total. The van der Waals surface area contributed by atoms with Crippen molar-refractivity contribution in [2.75, 3.05) is 13.1 Å². The summed E-state index contributed by atoms with van der Waals surface area (Å²) in [7, 11) is 0. The maximum atomic E-state index is 14.0. The first kappa shape index (κ1) is 11.4. The first-order chi connectivity index (χ1) is 8.72. The third-order valence-corrected chi connectivity index (χ3v) is 3.39. The Balaban J connectivity index is 2.22. The topological polar surface area (TPSA) is 60.0 Å². The lowest BCUT2D eigenvalue weighted by atomic mass is 10.1. The smallest absolute Gasteiger partial charge is 0.251 e. The molecule has 0 saturated heterocycles. The van der Waals surface area contributed by atoms with Gasteiger partial charge in [-0.3, -0.25) is 4.79 Å². The van der Waals surface area contributed by atoms with E-state index < -0.39 is 0 Å². The van der Waals surface area contributed by atoms with Crippen LogP contribution in [-0.4, -0.2) is 17.7 Å². The van der Waals surface area contributed by atoms with Gasteiger partial charge in [0, 0.05) is 31.3 Å². The van der Waals surface area contributed by atoms with Gasteiger partial charge in [-0.1, -0.05) is 0 Å². The number of pyridine rings is 1. The molecule has 0 amide bonds. The summed E-state index contributed by atoms with van der Waals surface area (Å²) in [6, 6.07) is 6.24. The number of halogens is 1. The van der Waals surface area contributed by atoms with Crippen LogP contribution in [0.2, 0.25) is 0 Å². The summed E-state index contributed by atoms with van der Waals surface area (Å²) in [6.07, 6.45) is 0. The van der Waals surface area contributed by atoms with Crippen LogP contribution in [0.3, 0.4) is 0 Å². The van der Waals surface area contributed by atoms with E-state index in [1.54, 1.807) is 16.7 Å². The van der Waals surface area contributed by atoms with E-state index in [0.29, 0.717) is 30.7 Å². The summed E-state index contributed by atoms with van der Waals surface area (Å²) < 4.78 is 15.6. The number of aromatic nitrogens is 1. The highest BCUT2D eigenvalue weighted by molar-refractivity contribution is 5.84. The zero-order valence-corrected chi connectivity index (χ0v) is 9.82. The maximum Gasteiger partial charge on any atom is 0.251 e. The minimum Gasteiger partial charge on any atom is -0.329 e. The molecule has 5 heteroatoms. The van der Waals surface area contributed by atoms with E-state index in [1.165, 1.54) is 12.1 Å². The normalized spacial score (nSPS) is 17.6. The fourth-order valence-corrected chi connectivity index (χ4v) is 2.61. The number of rotatable bonds is 3. The van der Waals surface area contributed by atoms with Crippen molar-refractivity contribution in [2.24, 2.45) is 5.73 Å². The molecule has 0 unspecified atom stereocenters. The van der Waals surface area contributed by atoms with Gasteiger partial charge in [0.1, 0.15) is 5.82 Å². The molecule has 0 bridgehead atoms. The molecule has 0 fully saturated rings. The van der Waals surface area contributed by atoms with Crippen LogP contribution < -0.4 is 16.6 Å². The van der Waals surface area contributed by atoms with E-state index in [9.17, 15) is 9.18 Å².